The molecule has 0 aromatic heterocycles. The maximum Gasteiger partial charge on any atom is 0.251 e. The lowest BCUT2D eigenvalue weighted by Crippen LogP contribution is -2.42. The van der Waals surface area contributed by atoms with E-state index < -0.39 is 0 Å². The number of rotatable bonds is 7. The molecule has 6 heteroatoms. The molecule has 2 N–H and O–H groups in total. The average Bonchev–Trinajstić information content (AvgIpc) is 2.52. The largest absolute Gasteiger partial charge is 0.354 e. The van der Waals surface area contributed by atoms with E-state index in [2.05, 4.69) is 43.4 Å². The monoisotopic (exact) mass is 368 g/mol. The first-order valence-electron chi connectivity index (χ1n) is 7.54. The number of aliphatic imine (C=N–C) groups is 1. The van der Waals surface area contributed by atoms with Crippen LogP contribution in [0.25, 0.3) is 0 Å². The van der Waals surface area contributed by atoms with Crippen molar-refractivity contribution in [2.45, 2.75) is 19.8 Å². The van der Waals surface area contributed by atoms with Gasteiger partial charge in [-0.2, -0.15) is 0 Å². The molecular weight excluding hydrogens is 344 g/mol. The first-order chi connectivity index (χ1) is 10.6. The normalized spacial score (nSPS) is 11.2. The fourth-order valence-electron chi connectivity index (χ4n) is 1.97. The second-order valence-corrected chi connectivity index (χ2v) is 5.93. The van der Waals surface area contributed by atoms with Gasteiger partial charge in [-0.1, -0.05) is 35.3 Å². The summed E-state index contributed by atoms with van der Waals surface area (Å²) in [7, 11) is 3.79. The van der Waals surface area contributed by atoms with Crippen LogP contribution in [0.2, 0.25) is 0 Å². The minimum Gasteiger partial charge on any atom is -0.354 e. The molecule has 0 bridgehead atoms. The fourth-order valence-corrected chi connectivity index (χ4v) is 2.37. The molecule has 5 nitrogen and oxygen atoms in total. The molecule has 0 heterocycles. The van der Waals surface area contributed by atoms with Crippen LogP contribution in [0.4, 0.5) is 0 Å². The van der Waals surface area contributed by atoms with Gasteiger partial charge < -0.3 is 15.5 Å². The van der Waals surface area contributed by atoms with E-state index in [0.717, 1.165) is 29.8 Å². The highest BCUT2D eigenvalue weighted by molar-refractivity contribution is 9.10. The Balaban J connectivity index is 2.33. The van der Waals surface area contributed by atoms with Gasteiger partial charge in [0, 0.05) is 43.8 Å². The van der Waals surface area contributed by atoms with Crippen molar-refractivity contribution in [3.63, 3.8) is 0 Å². The zero-order valence-electron chi connectivity index (χ0n) is 13.5. The van der Waals surface area contributed by atoms with E-state index in [1.807, 2.05) is 19.2 Å². The highest BCUT2D eigenvalue weighted by atomic mass is 79.9. The van der Waals surface area contributed by atoms with Crippen molar-refractivity contribution in [3.05, 3.63) is 34.3 Å². The van der Waals surface area contributed by atoms with Gasteiger partial charge in [-0.15, -0.1) is 0 Å². The zero-order chi connectivity index (χ0) is 16.4. The Morgan fingerprint density at radius 2 is 2.05 bits per heavy atom. The Kier molecular flexibility index (Phi) is 8.58. The van der Waals surface area contributed by atoms with Gasteiger partial charge in [-0.25, -0.2) is 0 Å². The minimum absolute atomic E-state index is 0.0718. The van der Waals surface area contributed by atoms with E-state index in [1.165, 1.54) is 0 Å². The lowest BCUT2D eigenvalue weighted by molar-refractivity contribution is 0.0954. The number of carbonyl (C=O) groups is 1. The van der Waals surface area contributed by atoms with Gasteiger partial charge >= 0.3 is 0 Å². The number of benzene rings is 1. The molecule has 0 fully saturated rings. The topological polar surface area (TPSA) is 56.7 Å². The highest BCUT2D eigenvalue weighted by Gasteiger charge is 2.06. The number of unbranched alkanes of at least 4 members (excludes halogenated alkanes) is 1. The predicted molar refractivity (Wildman–Crippen MR) is 95.4 cm³/mol. The molecule has 0 atom stereocenters. The summed E-state index contributed by atoms with van der Waals surface area (Å²) in [5, 5.41) is 6.14. The van der Waals surface area contributed by atoms with Crippen molar-refractivity contribution < 1.29 is 4.79 Å². The molecular formula is C16H25BrN4O. The Bertz CT molecular complexity index is 505. The summed E-state index contributed by atoms with van der Waals surface area (Å²) >= 11 is 3.36. The third-order valence-electron chi connectivity index (χ3n) is 3.20. The van der Waals surface area contributed by atoms with Crippen LogP contribution in [0, 0.1) is 0 Å². The van der Waals surface area contributed by atoms with Gasteiger partial charge in [0.05, 0.1) is 0 Å². The number of guanidine groups is 1. The summed E-state index contributed by atoms with van der Waals surface area (Å²) in [5.74, 6) is 0.780. The van der Waals surface area contributed by atoms with Crippen molar-refractivity contribution in [3.8, 4) is 0 Å². The molecule has 0 aliphatic heterocycles. The fraction of sp³-hybridized carbons (Fsp3) is 0.500. The molecule has 1 aromatic rings. The number of carbonyl (C=O) groups excluding carboxylic acids is 1. The number of hydrogen-bond donors (Lipinski definition) is 2. The first kappa shape index (κ1) is 18.5. The molecule has 122 valence electrons. The molecule has 0 unspecified atom stereocenters. The van der Waals surface area contributed by atoms with Crippen LogP contribution < -0.4 is 10.6 Å². The van der Waals surface area contributed by atoms with E-state index in [-0.39, 0.29) is 5.91 Å². The number of amides is 1. The predicted octanol–water partition coefficient (Wildman–Crippen LogP) is 2.49. The summed E-state index contributed by atoms with van der Waals surface area (Å²) in [4.78, 5) is 18.3. The Labute approximate surface area is 141 Å². The Morgan fingerprint density at radius 3 is 2.68 bits per heavy atom. The molecule has 22 heavy (non-hydrogen) atoms. The number of nitrogens with one attached hydrogen (secondary N) is 2. The number of hydrogen-bond acceptors (Lipinski definition) is 2. The van der Waals surface area contributed by atoms with Crippen LogP contribution in [0.1, 0.15) is 30.1 Å². The van der Waals surface area contributed by atoms with E-state index in [1.54, 1.807) is 19.2 Å². The number of halogens is 1. The molecule has 0 saturated carbocycles. The lowest BCUT2D eigenvalue weighted by atomic mass is 10.2. The van der Waals surface area contributed by atoms with Crippen molar-refractivity contribution >= 4 is 27.8 Å². The van der Waals surface area contributed by atoms with Crippen molar-refractivity contribution in [1.82, 2.24) is 15.5 Å². The maximum atomic E-state index is 12.0. The molecule has 0 aliphatic rings. The van der Waals surface area contributed by atoms with Gasteiger partial charge in [0.2, 0.25) is 0 Å². The molecule has 0 radical (unpaired) electrons. The van der Waals surface area contributed by atoms with Gasteiger partial charge in [0.15, 0.2) is 5.96 Å². The molecule has 1 amide bonds. The van der Waals surface area contributed by atoms with Gasteiger partial charge in [-0.05, 0) is 24.6 Å². The van der Waals surface area contributed by atoms with E-state index in [0.29, 0.717) is 18.7 Å². The second-order valence-electron chi connectivity index (χ2n) is 5.02. The van der Waals surface area contributed by atoms with Crippen LogP contribution in [0.5, 0.6) is 0 Å². The van der Waals surface area contributed by atoms with Crippen LogP contribution in [-0.2, 0) is 0 Å². The molecule has 0 aliphatic carbocycles. The summed E-state index contributed by atoms with van der Waals surface area (Å²) < 4.78 is 0.899. The van der Waals surface area contributed by atoms with Gasteiger partial charge in [0.25, 0.3) is 5.91 Å². The van der Waals surface area contributed by atoms with E-state index in [4.69, 9.17) is 0 Å². The summed E-state index contributed by atoms with van der Waals surface area (Å²) in [6.07, 6.45) is 2.29. The molecule has 0 saturated heterocycles. The third-order valence-corrected chi connectivity index (χ3v) is 3.69. The van der Waals surface area contributed by atoms with Crippen molar-refractivity contribution in [2.24, 2.45) is 4.99 Å². The van der Waals surface area contributed by atoms with Crippen molar-refractivity contribution in [1.29, 1.82) is 0 Å². The summed E-state index contributed by atoms with van der Waals surface area (Å²) in [6, 6.07) is 7.35. The minimum atomic E-state index is -0.0718. The summed E-state index contributed by atoms with van der Waals surface area (Å²) in [6.45, 7) is 4.33. The third kappa shape index (κ3) is 6.47. The summed E-state index contributed by atoms with van der Waals surface area (Å²) in [5.41, 5.74) is 0.652. The van der Waals surface area contributed by atoms with Crippen molar-refractivity contribution in [2.75, 3.05) is 33.7 Å². The zero-order valence-corrected chi connectivity index (χ0v) is 15.1. The average molecular weight is 369 g/mol. The Morgan fingerprint density at radius 1 is 1.32 bits per heavy atom. The first-order valence-corrected chi connectivity index (χ1v) is 8.33. The van der Waals surface area contributed by atoms with Crippen LogP contribution >= 0.6 is 15.9 Å². The molecule has 1 aromatic carbocycles. The maximum absolute atomic E-state index is 12.0. The quantitative estimate of drug-likeness (QED) is 0.441. The van der Waals surface area contributed by atoms with Crippen LogP contribution in [0.15, 0.2) is 33.7 Å². The smallest absolute Gasteiger partial charge is 0.251 e. The van der Waals surface area contributed by atoms with Crippen LogP contribution in [-0.4, -0.2) is 50.5 Å². The van der Waals surface area contributed by atoms with Crippen LogP contribution in [0.3, 0.4) is 0 Å². The standard InChI is InChI=1S/C16H25BrN4O/c1-4-5-11-21(3)16(18-2)20-10-9-19-15(22)13-7-6-8-14(17)12-13/h6-8,12H,4-5,9-11H2,1-3H3,(H,18,20)(H,19,22). The second kappa shape index (κ2) is 10.2. The highest BCUT2D eigenvalue weighted by Crippen LogP contribution is 2.11. The van der Waals surface area contributed by atoms with E-state index in [9.17, 15) is 4.79 Å². The Hall–Kier alpha value is -1.56. The molecule has 0 spiro atoms. The van der Waals surface area contributed by atoms with Gasteiger partial charge in [0.1, 0.15) is 0 Å². The van der Waals surface area contributed by atoms with Gasteiger partial charge in [-0.3, -0.25) is 9.79 Å². The lowest BCUT2D eigenvalue weighted by Gasteiger charge is -2.21. The molecule has 1 rings (SSSR count). The SMILES string of the molecule is CCCCN(C)C(=NC)NCCNC(=O)c1cccc(Br)c1. The number of nitrogens with zero attached hydrogens (tertiary/aromatic N) is 2. The van der Waals surface area contributed by atoms with E-state index >= 15 is 0 Å².